The minimum atomic E-state index is -0.397. The molecule has 0 atom stereocenters. The first-order valence-corrected chi connectivity index (χ1v) is 8.13. The highest BCUT2D eigenvalue weighted by molar-refractivity contribution is 6.08. The lowest BCUT2D eigenvalue weighted by Gasteiger charge is -2.19. The topological polar surface area (TPSA) is 94.2 Å². The molecule has 1 aliphatic rings. The average Bonchev–Trinajstić information content (AvgIpc) is 3.30. The molecule has 2 heterocycles. The van der Waals surface area contributed by atoms with Crippen molar-refractivity contribution in [2.24, 2.45) is 0 Å². The van der Waals surface area contributed by atoms with Gasteiger partial charge in [-0.1, -0.05) is 24.3 Å². The van der Waals surface area contributed by atoms with Crippen molar-refractivity contribution in [3.05, 3.63) is 81.9 Å². The molecule has 26 heavy (non-hydrogen) atoms. The highest BCUT2D eigenvalue weighted by atomic mass is 16.6. The maximum Gasteiger partial charge on any atom is 0.274 e. The zero-order valence-corrected chi connectivity index (χ0v) is 13.8. The Kier molecular flexibility index (Phi) is 3.92. The van der Waals surface area contributed by atoms with Gasteiger partial charge in [0, 0.05) is 18.2 Å². The van der Waals surface area contributed by atoms with Gasteiger partial charge in [-0.3, -0.25) is 14.9 Å². The second kappa shape index (κ2) is 6.40. The number of fused-ring (bicyclic) bond motifs is 1. The van der Waals surface area contributed by atoms with Crippen LogP contribution in [0.2, 0.25) is 0 Å². The smallest absolute Gasteiger partial charge is 0.274 e. The monoisotopic (exact) mass is 349 g/mol. The van der Waals surface area contributed by atoms with Crippen LogP contribution in [0.25, 0.3) is 0 Å². The maximum atomic E-state index is 13.2. The summed E-state index contributed by atoms with van der Waals surface area (Å²) in [4.78, 5) is 29.5. The molecule has 0 N–H and O–H groups in total. The first kappa shape index (κ1) is 15.9. The maximum absolute atomic E-state index is 13.2. The van der Waals surface area contributed by atoms with Crippen LogP contribution >= 0.6 is 0 Å². The molecule has 0 bridgehead atoms. The lowest BCUT2D eigenvalue weighted by molar-refractivity contribution is -0.385. The third-order valence-electron chi connectivity index (χ3n) is 4.49. The van der Waals surface area contributed by atoms with Crippen LogP contribution in [-0.2, 0) is 13.0 Å². The molecule has 8 nitrogen and oxygen atoms in total. The Morgan fingerprint density at radius 1 is 1.19 bits per heavy atom. The highest BCUT2D eigenvalue weighted by Crippen LogP contribution is 2.35. The molecule has 130 valence electrons. The minimum absolute atomic E-state index is 0.0636. The summed E-state index contributed by atoms with van der Waals surface area (Å²) in [5.74, 6) is -0.167. The molecule has 2 aromatic carbocycles. The van der Waals surface area contributed by atoms with E-state index in [0.717, 1.165) is 5.56 Å². The Labute approximate surface area is 148 Å². The van der Waals surface area contributed by atoms with E-state index in [9.17, 15) is 14.9 Å². The molecule has 1 aliphatic heterocycles. The predicted octanol–water partition coefficient (Wildman–Crippen LogP) is 2.44. The molecular weight excluding hydrogens is 334 g/mol. The summed E-state index contributed by atoms with van der Waals surface area (Å²) in [6, 6.07) is 12.2. The Morgan fingerprint density at radius 2 is 2.04 bits per heavy atom. The standard InChI is InChI=1S/C18H15N5O3/c24-18(14-5-2-1-4-13(14)10-21-12-19-11-20-21)22-9-8-15-16(22)6-3-7-17(15)23(25)26/h1-7,11-12H,8-10H2. The van der Waals surface area contributed by atoms with Crippen molar-refractivity contribution in [1.82, 2.24) is 14.8 Å². The van der Waals surface area contributed by atoms with Gasteiger partial charge < -0.3 is 4.90 Å². The molecule has 0 aliphatic carbocycles. The molecule has 0 fully saturated rings. The van der Waals surface area contributed by atoms with Crippen LogP contribution in [0.3, 0.4) is 0 Å². The number of nitro groups is 1. The second-order valence-electron chi connectivity index (χ2n) is 5.99. The molecule has 0 spiro atoms. The minimum Gasteiger partial charge on any atom is -0.307 e. The number of hydrogen-bond donors (Lipinski definition) is 0. The van der Waals surface area contributed by atoms with Gasteiger partial charge in [-0.15, -0.1) is 0 Å². The molecule has 8 heteroatoms. The number of nitrogens with zero attached hydrogens (tertiary/aromatic N) is 5. The Morgan fingerprint density at radius 3 is 2.81 bits per heavy atom. The molecule has 1 aromatic heterocycles. The van der Waals surface area contributed by atoms with Gasteiger partial charge in [0.15, 0.2) is 0 Å². The van der Waals surface area contributed by atoms with E-state index in [-0.39, 0.29) is 11.6 Å². The number of amides is 1. The van der Waals surface area contributed by atoms with E-state index in [0.29, 0.717) is 36.3 Å². The molecule has 4 rings (SSSR count). The number of carbonyl (C=O) groups excluding carboxylic acids is 1. The Hall–Kier alpha value is -3.55. The van der Waals surface area contributed by atoms with Crippen molar-refractivity contribution < 1.29 is 9.72 Å². The molecular formula is C18H15N5O3. The fraction of sp³-hybridized carbons (Fsp3) is 0.167. The van der Waals surface area contributed by atoms with Crippen LogP contribution in [0, 0.1) is 10.1 Å². The summed E-state index contributed by atoms with van der Waals surface area (Å²) in [7, 11) is 0. The first-order chi connectivity index (χ1) is 12.6. The largest absolute Gasteiger partial charge is 0.307 e. The third kappa shape index (κ3) is 2.71. The van der Waals surface area contributed by atoms with Gasteiger partial charge in [0.2, 0.25) is 0 Å². The fourth-order valence-electron chi connectivity index (χ4n) is 3.30. The van der Waals surface area contributed by atoms with E-state index in [1.807, 2.05) is 18.2 Å². The normalized spacial score (nSPS) is 12.8. The zero-order valence-electron chi connectivity index (χ0n) is 13.8. The number of benzene rings is 2. The molecule has 3 aromatic rings. The lowest BCUT2D eigenvalue weighted by atomic mass is 10.1. The second-order valence-corrected chi connectivity index (χ2v) is 5.99. The van der Waals surface area contributed by atoms with E-state index < -0.39 is 4.92 Å². The van der Waals surface area contributed by atoms with Crippen LogP contribution in [-0.4, -0.2) is 32.1 Å². The van der Waals surface area contributed by atoms with E-state index in [2.05, 4.69) is 10.1 Å². The van der Waals surface area contributed by atoms with Crippen molar-refractivity contribution in [2.75, 3.05) is 11.4 Å². The van der Waals surface area contributed by atoms with Crippen LogP contribution in [0.15, 0.2) is 55.1 Å². The average molecular weight is 349 g/mol. The molecule has 0 saturated heterocycles. The van der Waals surface area contributed by atoms with Crippen LogP contribution in [0.4, 0.5) is 11.4 Å². The third-order valence-corrected chi connectivity index (χ3v) is 4.49. The fourth-order valence-corrected chi connectivity index (χ4v) is 3.30. The quantitative estimate of drug-likeness (QED) is 0.533. The van der Waals surface area contributed by atoms with Crippen molar-refractivity contribution in [1.29, 1.82) is 0 Å². The summed E-state index contributed by atoms with van der Waals surface area (Å²) in [5, 5.41) is 15.3. The summed E-state index contributed by atoms with van der Waals surface area (Å²) < 4.78 is 1.65. The summed E-state index contributed by atoms with van der Waals surface area (Å²) in [6.45, 7) is 0.855. The summed E-state index contributed by atoms with van der Waals surface area (Å²) in [5.41, 5.74) is 2.66. The van der Waals surface area contributed by atoms with Crippen LogP contribution in [0.1, 0.15) is 21.5 Å². The van der Waals surface area contributed by atoms with Gasteiger partial charge in [0.1, 0.15) is 12.7 Å². The van der Waals surface area contributed by atoms with Crippen molar-refractivity contribution in [3.8, 4) is 0 Å². The van der Waals surface area contributed by atoms with E-state index in [1.54, 1.807) is 34.1 Å². The van der Waals surface area contributed by atoms with Crippen LogP contribution < -0.4 is 4.90 Å². The molecule has 0 unspecified atom stereocenters. The van der Waals surface area contributed by atoms with Gasteiger partial charge in [-0.25, -0.2) is 9.67 Å². The molecule has 0 radical (unpaired) electrons. The lowest BCUT2D eigenvalue weighted by Crippen LogP contribution is -2.30. The van der Waals surface area contributed by atoms with Gasteiger partial charge in [0.05, 0.1) is 22.7 Å². The zero-order chi connectivity index (χ0) is 18.1. The number of hydrogen-bond acceptors (Lipinski definition) is 5. The highest BCUT2D eigenvalue weighted by Gasteiger charge is 2.31. The van der Waals surface area contributed by atoms with Crippen molar-refractivity contribution in [2.45, 2.75) is 13.0 Å². The van der Waals surface area contributed by atoms with Crippen LogP contribution in [0.5, 0.6) is 0 Å². The number of carbonyl (C=O) groups is 1. The first-order valence-electron chi connectivity index (χ1n) is 8.13. The number of rotatable bonds is 4. The van der Waals surface area contributed by atoms with E-state index in [1.165, 1.54) is 12.4 Å². The van der Waals surface area contributed by atoms with Gasteiger partial charge in [0.25, 0.3) is 11.6 Å². The predicted molar refractivity (Wildman–Crippen MR) is 94.0 cm³/mol. The number of aromatic nitrogens is 3. The Balaban J connectivity index is 1.69. The van der Waals surface area contributed by atoms with E-state index >= 15 is 0 Å². The molecule has 0 saturated carbocycles. The molecule has 1 amide bonds. The van der Waals surface area contributed by atoms with Crippen molar-refractivity contribution in [3.63, 3.8) is 0 Å². The SMILES string of the molecule is O=C(c1ccccc1Cn1cncn1)N1CCc2c1cccc2[N+](=O)[O-]. The van der Waals surface area contributed by atoms with E-state index in [4.69, 9.17) is 0 Å². The summed E-state index contributed by atoms with van der Waals surface area (Å²) in [6.07, 6.45) is 3.51. The number of nitro benzene ring substituents is 1. The Bertz CT molecular complexity index is 984. The van der Waals surface area contributed by atoms with Crippen molar-refractivity contribution >= 4 is 17.3 Å². The summed E-state index contributed by atoms with van der Waals surface area (Å²) >= 11 is 0. The number of anilines is 1. The van der Waals surface area contributed by atoms with Gasteiger partial charge in [-0.05, 0) is 24.1 Å². The van der Waals surface area contributed by atoms with Gasteiger partial charge in [-0.2, -0.15) is 5.10 Å². The van der Waals surface area contributed by atoms with Gasteiger partial charge >= 0.3 is 0 Å².